The van der Waals surface area contributed by atoms with Crippen molar-refractivity contribution >= 4 is 15.9 Å². The lowest BCUT2D eigenvalue weighted by molar-refractivity contribution is -0.123. The van der Waals surface area contributed by atoms with Crippen molar-refractivity contribution in [3.05, 3.63) is 29.8 Å². The van der Waals surface area contributed by atoms with E-state index in [1.807, 2.05) is 13.8 Å². The van der Waals surface area contributed by atoms with Crippen LogP contribution in [0.5, 0.6) is 0 Å². The normalized spacial score (nSPS) is 24.5. The number of carbonyl (C=O) groups excluding carboxylic acids is 1. The zero-order valence-electron chi connectivity index (χ0n) is 11.7. The molecule has 0 radical (unpaired) electrons. The molecule has 0 aliphatic carbocycles. The molecule has 2 N–H and O–H groups in total. The van der Waals surface area contributed by atoms with Crippen molar-refractivity contribution < 1.29 is 13.2 Å². The van der Waals surface area contributed by atoms with Crippen molar-refractivity contribution in [3.63, 3.8) is 0 Å². The van der Waals surface area contributed by atoms with Gasteiger partial charge in [-0.15, -0.1) is 0 Å². The molecular weight excluding hydrogens is 276 g/mol. The van der Waals surface area contributed by atoms with E-state index in [9.17, 15) is 13.2 Å². The van der Waals surface area contributed by atoms with Gasteiger partial charge in [-0.3, -0.25) is 4.79 Å². The van der Waals surface area contributed by atoms with E-state index in [1.54, 1.807) is 24.3 Å². The minimum atomic E-state index is -3.50. The lowest BCUT2D eigenvalue weighted by Crippen LogP contribution is -2.46. The fourth-order valence-electron chi connectivity index (χ4n) is 2.61. The molecule has 1 aliphatic rings. The van der Waals surface area contributed by atoms with Gasteiger partial charge in [-0.25, -0.2) is 8.42 Å². The summed E-state index contributed by atoms with van der Waals surface area (Å²) in [5.41, 5.74) is 6.32. The summed E-state index contributed by atoms with van der Waals surface area (Å²) in [5.74, 6) is -0.571. The van der Waals surface area contributed by atoms with Crippen LogP contribution in [0.4, 0.5) is 0 Å². The van der Waals surface area contributed by atoms with E-state index >= 15 is 0 Å². The molecule has 0 aromatic heterocycles. The third-order valence-electron chi connectivity index (χ3n) is 3.85. The molecule has 2 unspecified atom stereocenters. The molecule has 5 nitrogen and oxygen atoms in total. The van der Waals surface area contributed by atoms with E-state index in [4.69, 9.17) is 5.73 Å². The lowest BCUT2D eigenvalue weighted by Gasteiger charge is -2.35. The first-order chi connectivity index (χ1) is 9.32. The van der Waals surface area contributed by atoms with Crippen molar-refractivity contribution in [3.8, 4) is 0 Å². The van der Waals surface area contributed by atoms with Gasteiger partial charge in [0.1, 0.15) is 0 Å². The topological polar surface area (TPSA) is 80.5 Å². The number of aryl methyl sites for hydroxylation is 1. The van der Waals surface area contributed by atoms with Crippen LogP contribution in [0.3, 0.4) is 0 Å². The smallest absolute Gasteiger partial charge is 0.243 e. The van der Waals surface area contributed by atoms with E-state index in [2.05, 4.69) is 0 Å². The summed E-state index contributed by atoms with van der Waals surface area (Å²) < 4.78 is 26.7. The first kappa shape index (κ1) is 15.0. The molecule has 1 fully saturated rings. The molecule has 0 bridgehead atoms. The average molecular weight is 296 g/mol. The molecule has 1 aromatic rings. The Morgan fingerprint density at radius 1 is 1.30 bits per heavy atom. The first-order valence-electron chi connectivity index (χ1n) is 6.70. The molecule has 0 spiro atoms. The number of benzene rings is 1. The van der Waals surface area contributed by atoms with Crippen LogP contribution in [-0.2, 0) is 14.8 Å². The SMILES string of the molecule is Cc1ccc(S(=O)(=O)N2CCC(C(N)=O)CC2C)cc1. The maximum absolute atomic E-state index is 12.6. The number of nitrogens with zero attached hydrogens (tertiary/aromatic N) is 1. The van der Waals surface area contributed by atoms with E-state index in [0.717, 1.165) is 5.56 Å². The Labute approximate surface area is 119 Å². The van der Waals surface area contributed by atoms with Gasteiger partial charge in [0.2, 0.25) is 15.9 Å². The van der Waals surface area contributed by atoms with Crippen LogP contribution in [-0.4, -0.2) is 31.2 Å². The fourth-order valence-corrected chi connectivity index (χ4v) is 4.27. The van der Waals surface area contributed by atoms with Gasteiger partial charge in [0.25, 0.3) is 0 Å². The van der Waals surface area contributed by atoms with Crippen LogP contribution >= 0.6 is 0 Å². The Bertz CT molecular complexity index is 595. The highest BCUT2D eigenvalue weighted by Gasteiger charge is 2.36. The molecule has 110 valence electrons. The Balaban J connectivity index is 2.23. The van der Waals surface area contributed by atoms with Gasteiger partial charge in [0.15, 0.2) is 0 Å². The summed E-state index contributed by atoms with van der Waals surface area (Å²) in [6, 6.07) is 6.60. The van der Waals surface area contributed by atoms with Crippen LogP contribution in [0.1, 0.15) is 25.3 Å². The van der Waals surface area contributed by atoms with E-state index in [0.29, 0.717) is 24.3 Å². The van der Waals surface area contributed by atoms with Crippen LogP contribution < -0.4 is 5.73 Å². The van der Waals surface area contributed by atoms with Gasteiger partial charge in [0.05, 0.1) is 4.90 Å². The Kier molecular flexibility index (Phi) is 4.15. The number of primary amides is 1. The number of rotatable bonds is 3. The molecule has 2 rings (SSSR count). The second kappa shape index (κ2) is 5.54. The third-order valence-corrected chi connectivity index (χ3v) is 5.87. The molecule has 2 atom stereocenters. The van der Waals surface area contributed by atoms with Gasteiger partial charge in [-0.2, -0.15) is 4.31 Å². The summed E-state index contributed by atoms with van der Waals surface area (Å²) in [4.78, 5) is 11.5. The van der Waals surface area contributed by atoms with Crippen molar-refractivity contribution in [2.75, 3.05) is 6.54 Å². The van der Waals surface area contributed by atoms with Crippen molar-refractivity contribution in [1.29, 1.82) is 0 Å². The molecule has 1 saturated heterocycles. The molecule has 1 heterocycles. The highest BCUT2D eigenvalue weighted by molar-refractivity contribution is 7.89. The monoisotopic (exact) mass is 296 g/mol. The number of carbonyl (C=O) groups is 1. The predicted octanol–water partition coefficient (Wildman–Crippen LogP) is 1.27. The van der Waals surface area contributed by atoms with E-state index < -0.39 is 10.0 Å². The fraction of sp³-hybridized carbons (Fsp3) is 0.500. The Morgan fingerprint density at radius 3 is 2.40 bits per heavy atom. The molecule has 6 heteroatoms. The summed E-state index contributed by atoms with van der Waals surface area (Å²) in [6.07, 6.45) is 0.977. The molecular formula is C14H20N2O3S. The minimum Gasteiger partial charge on any atom is -0.369 e. The predicted molar refractivity (Wildman–Crippen MR) is 76.5 cm³/mol. The van der Waals surface area contributed by atoms with Gasteiger partial charge in [0, 0.05) is 18.5 Å². The maximum atomic E-state index is 12.6. The van der Waals surface area contributed by atoms with Gasteiger partial charge >= 0.3 is 0 Å². The van der Waals surface area contributed by atoms with Crippen molar-refractivity contribution in [2.45, 2.75) is 37.6 Å². The van der Waals surface area contributed by atoms with Crippen LogP contribution in [0.15, 0.2) is 29.2 Å². The van der Waals surface area contributed by atoms with Crippen LogP contribution in [0.25, 0.3) is 0 Å². The van der Waals surface area contributed by atoms with Crippen LogP contribution in [0, 0.1) is 12.8 Å². The molecule has 1 amide bonds. The second-order valence-corrected chi connectivity index (χ2v) is 7.29. The van der Waals surface area contributed by atoms with E-state index in [1.165, 1.54) is 4.31 Å². The minimum absolute atomic E-state index is 0.215. The first-order valence-corrected chi connectivity index (χ1v) is 8.14. The standard InChI is InChI=1S/C14H20N2O3S/c1-10-3-5-13(6-4-10)20(18,19)16-8-7-12(14(15)17)9-11(16)2/h3-6,11-12H,7-9H2,1-2H3,(H2,15,17). The molecule has 1 aromatic carbocycles. The highest BCUT2D eigenvalue weighted by Crippen LogP contribution is 2.28. The Morgan fingerprint density at radius 2 is 1.90 bits per heavy atom. The van der Waals surface area contributed by atoms with Gasteiger partial charge in [-0.05, 0) is 38.8 Å². The zero-order valence-corrected chi connectivity index (χ0v) is 12.6. The van der Waals surface area contributed by atoms with Crippen molar-refractivity contribution in [1.82, 2.24) is 4.31 Å². The summed E-state index contributed by atoms with van der Waals surface area (Å²) in [7, 11) is -3.50. The second-order valence-electron chi connectivity index (χ2n) is 5.40. The quantitative estimate of drug-likeness (QED) is 0.912. The Hall–Kier alpha value is -1.40. The molecule has 20 heavy (non-hydrogen) atoms. The number of sulfonamides is 1. The number of hydrogen-bond acceptors (Lipinski definition) is 3. The van der Waals surface area contributed by atoms with Gasteiger partial charge < -0.3 is 5.73 Å². The lowest BCUT2D eigenvalue weighted by atomic mass is 9.93. The number of piperidine rings is 1. The summed E-state index contributed by atoms with van der Waals surface area (Å²) in [6.45, 7) is 4.07. The highest BCUT2D eigenvalue weighted by atomic mass is 32.2. The summed E-state index contributed by atoms with van der Waals surface area (Å²) >= 11 is 0. The summed E-state index contributed by atoms with van der Waals surface area (Å²) in [5, 5.41) is 0. The molecule has 1 aliphatic heterocycles. The number of nitrogens with two attached hydrogens (primary N) is 1. The number of amides is 1. The third kappa shape index (κ3) is 2.86. The van der Waals surface area contributed by atoms with Gasteiger partial charge in [-0.1, -0.05) is 17.7 Å². The largest absolute Gasteiger partial charge is 0.369 e. The van der Waals surface area contributed by atoms with Crippen molar-refractivity contribution in [2.24, 2.45) is 11.7 Å². The van der Waals surface area contributed by atoms with E-state index in [-0.39, 0.29) is 17.9 Å². The average Bonchev–Trinajstić information content (AvgIpc) is 2.38. The number of hydrogen-bond donors (Lipinski definition) is 1. The maximum Gasteiger partial charge on any atom is 0.243 e. The zero-order chi connectivity index (χ0) is 14.9. The van der Waals surface area contributed by atoms with Crippen LogP contribution in [0.2, 0.25) is 0 Å². The molecule has 0 saturated carbocycles.